The van der Waals surface area contributed by atoms with Gasteiger partial charge in [-0.3, -0.25) is 9.78 Å². The van der Waals surface area contributed by atoms with Crippen LogP contribution in [0.2, 0.25) is 0 Å². The van der Waals surface area contributed by atoms with E-state index in [1.165, 1.54) is 29.5 Å². The van der Waals surface area contributed by atoms with E-state index in [2.05, 4.69) is 72.9 Å². The molecular weight excluding hydrogens is 546 g/mol. The number of aryl methyl sites for hydroxylation is 4. The number of carbonyl (C=O) groups is 1. The summed E-state index contributed by atoms with van der Waals surface area (Å²) in [6.45, 7) is 10.7. The zero-order valence-electron chi connectivity index (χ0n) is 25.1. The van der Waals surface area contributed by atoms with Crippen LogP contribution < -0.4 is 20.3 Å². The van der Waals surface area contributed by atoms with E-state index in [-0.39, 0.29) is 24.6 Å². The molecule has 5 rings (SSSR count). The van der Waals surface area contributed by atoms with Crippen LogP contribution in [0.1, 0.15) is 51.4 Å². The average Bonchev–Trinajstić information content (AvgIpc) is 3.44. The molecule has 0 aliphatic carbocycles. The van der Waals surface area contributed by atoms with E-state index in [1.54, 1.807) is 13.3 Å². The summed E-state index contributed by atoms with van der Waals surface area (Å²) in [5, 5.41) is 7.03. The van der Waals surface area contributed by atoms with Gasteiger partial charge in [0.2, 0.25) is 5.91 Å². The summed E-state index contributed by atoms with van der Waals surface area (Å²) in [4.78, 5) is 19.3. The van der Waals surface area contributed by atoms with Crippen molar-refractivity contribution in [2.75, 3.05) is 31.0 Å². The first kappa shape index (κ1) is 29.3. The summed E-state index contributed by atoms with van der Waals surface area (Å²) in [6, 6.07) is 17.9. The van der Waals surface area contributed by atoms with Crippen molar-refractivity contribution < 1.29 is 14.3 Å². The van der Waals surface area contributed by atoms with Crippen molar-refractivity contribution in [1.29, 1.82) is 0 Å². The number of hydrogen-bond donors (Lipinski definition) is 2. The quantitative estimate of drug-likeness (QED) is 0.240. The van der Waals surface area contributed by atoms with Gasteiger partial charge in [0, 0.05) is 30.4 Å². The van der Waals surface area contributed by atoms with Gasteiger partial charge in [-0.2, -0.15) is 0 Å². The van der Waals surface area contributed by atoms with Crippen LogP contribution in [0.25, 0.3) is 5.69 Å². The molecular formula is C33H37N5O3S. The molecule has 9 heteroatoms. The van der Waals surface area contributed by atoms with Crippen LogP contribution in [0.15, 0.2) is 60.8 Å². The Hall–Kier alpha value is -4.21. The zero-order chi connectivity index (χ0) is 30.1. The Morgan fingerprint density at radius 3 is 2.40 bits per heavy atom. The first-order valence-electron chi connectivity index (χ1n) is 13.9. The second-order valence-corrected chi connectivity index (χ2v) is 11.2. The monoisotopic (exact) mass is 583 g/mol. The Balaban J connectivity index is 1.68. The number of benzene rings is 2. The molecule has 3 heterocycles. The maximum Gasteiger partial charge on any atom is 0.250 e. The fourth-order valence-electron chi connectivity index (χ4n) is 6.17. The molecule has 4 aromatic rings. The van der Waals surface area contributed by atoms with E-state index in [9.17, 15) is 4.79 Å². The van der Waals surface area contributed by atoms with Crippen molar-refractivity contribution in [3.63, 3.8) is 0 Å². The lowest BCUT2D eigenvalue weighted by molar-refractivity contribution is -0.119. The number of methoxy groups -OCH3 is 2. The third-order valence-electron chi connectivity index (χ3n) is 7.76. The predicted octanol–water partition coefficient (Wildman–Crippen LogP) is 6.19. The SMILES string of the molecule is COCC(=O)Nc1cc(N2C(=S)NC(c3ccccn3)C2c2cc(C)n(-c3c(C)cc(C)cc3C)c2C)ccc1OC. The van der Waals surface area contributed by atoms with Crippen LogP contribution in [0, 0.1) is 34.6 Å². The second-order valence-electron chi connectivity index (χ2n) is 10.8. The van der Waals surface area contributed by atoms with Crippen molar-refractivity contribution in [3.8, 4) is 11.4 Å². The van der Waals surface area contributed by atoms with E-state index >= 15 is 0 Å². The topological polar surface area (TPSA) is 80.7 Å². The third-order valence-corrected chi connectivity index (χ3v) is 8.07. The van der Waals surface area contributed by atoms with E-state index in [1.807, 2.05) is 36.4 Å². The number of rotatable bonds is 8. The maximum absolute atomic E-state index is 12.4. The highest BCUT2D eigenvalue weighted by molar-refractivity contribution is 7.80. The first-order valence-corrected chi connectivity index (χ1v) is 14.3. The molecule has 0 saturated carbocycles. The van der Waals surface area contributed by atoms with E-state index in [4.69, 9.17) is 26.7 Å². The van der Waals surface area contributed by atoms with Gasteiger partial charge < -0.3 is 29.6 Å². The van der Waals surface area contributed by atoms with Crippen LogP contribution in [0.3, 0.4) is 0 Å². The summed E-state index contributed by atoms with van der Waals surface area (Å²) in [5.41, 5.74) is 10.5. The van der Waals surface area contributed by atoms with Gasteiger partial charge in [0.05, 0.1) is 36.3 Å². The number of anilines is 2. The molecule has 1 aliphatic heterocycles. The molecule has 0 radical (unpaired) electrons. The minimum Gasteiger partial charge on any atom is -0.495 e. The Labute approximate surface area is 252 Å². The number of pyridine rings is 1. The van der Waals surface area contributed by atoms with Gasteiger partial charge in [-0.25, -0.2) is 0 Å². The number of ether oxygens (including phenoxy) is 2. The molecule has 2 atom stereocenters. The highest BCUT2D eigenvalue weighted by Gasteiger charge is 2.42. The molecule has 1 aliphatic rings. The van der Waals surface area contributed by atoms with E-state index in [0.29, 0.717) is 16.5 Å². The number of nitrogens with one attached hydrogen (secondary N) is 2. The summed E-state index contributed by atoms with van der Waals surface area (Å²) >= 11 is 5.98. The molecule has 2 N–H and O–H groups in total. The number of nitrogens with zero attached hydrogens (tertiary/aromatic N) is 3. The molecule has 218 valence electrons. The lowest BCUT2D eigenvalue weighted by Gasteiger charge is -2.29. The van der Waals surface area contributed by atoms with E-state index < -0.39 is 0 Å². The molecule has 2 aromatic carbocycles. The Morgan fingerprint density at radius 2 is 1.76 bits per heavy atom. The van der Waals surface area contributed by atoms with Crippen molar-refractivity contribution in [3.05, 3.63) is 100 Å². The summed E-state index contributed by atoms with van der Waals surface area (Å²) in [5.74, 6) is 0.271. The minimum absolute atomic E-state index is 0.0642. The summed E-state index contributed by atoms with van der Waals surface area (Å²) < 4.78 is 12.9. The Kier molecular flexibility index (Phi) is 8.34. The average molecular weight is 584 g/mol. The first-order chi connectivity index (χ1) is 20.1. The summed E-state index contributed by atoms with van der Waals surface area (Å²) in [7, 11) is 3.06. The molecule has 1 saturated heterocycles. The standard InChI is InChI=1S/C33H37N5O3S/c1-19-14-20(2)31(21(3)15-19)37-22(4)16-25(23(37)5)32-30(26-10-8-9-13-34-26)36-33(42)38(32)24-11-12-28(41-7)27(17-24)35-29(39)18-40-6/h8-17,30,32H,18H2,1-7H3,(H,35,39)(H,36,42). The van der Waals surface area contributed by atoms with Crippen molar-refractivity contribution in [2.24, 2.45) is 0 Å². The summed E-state index contributed by atoms with van der Waals surface area (Å²) in [6.07, 6.45) is 1.80. The largest absolute Gasteiger partial charge is 0.495 e. The van der Waals surface area contributed by atoms with E-state index in [0.717, 1.165) is 28.3 Å². The van der Waals surface area contributed by atoms with Gasteiger partial charge in [-0.1, -0.05) is 23.8 Å². The van der Waals surface area contributed by atoms with Crippen molar-refractivity contribution >= 4 is 34.6 Å². The molecule has 0 bridgehead atoms. The van der Waals surface area contributed by atoms with Gasteiger partial charge in [-0.15, -0.1) is 0 Å². The van der Waals surface area contributed by atoms with Crippen LogP contribution in [0.4, 0.5) is 11.4 Å². The van der Waals surface area contributed by atoms with Gasteiger partial charge >= 0.3 is 0 Å². The Bertz CT molecular complexity index is 1630. The predicted molar refractivity (Wildman–Crippen MR) is 171 cm³/mol. The molecule has 1 fully saturated rings. The van der Waals surface area contributed by atoms with Crippen LogP contribution in [-0.2, 0) is 9.53 Å². The fourth-order valence-corrected chi connectivity index (χ4v) is 6.51. The fraction of sp³-hybridized carbons (Fsp3) is 0.303. The maximum atomic E-state index is 12.4. The number of thiocarbonyl (C=S) groups is 1. The normalized spacial score (nSPS) is 16.5. The van der Waals surface area contributed by atoms with Crippen molar-refractivity contribution in [1.82, 2.24) is 14.9 Å². The van der Waals surface area contributed by atoms with Crippen LogP contribution in [0.5, 0.6) is 5.75 Å². The molecule has 42 heavy (non-hydrogen) atoms. The number of amides is 1. The smallest absolute Gasteiger partial charge is 0.250 e. The zero-order valence-corrected chi connectivity index (χ0v) is 25.9. The van der Waals surface area contributed by atoms with Crippen LogP contribution in [-0.4, -0.2) is 41.4 Å². The highest BCUT2D eigenvalue weighted by Crippen LogP contribution is 2.45. The van der Waals surface area contributed by atoms with Gasteiger partial charge in [0.25, 0.3) is 0 Å². The molecule has 8 nitrogen and oxygen atoms in total. The van der Waals surface area contributed by atoms with Crippen LogP contribution >= 0.6 is 12.2 Å². The van der Waals surface area contributed by atoms with Crippen molar-refractivity contribution in [2.45, 2.75) is 46.7 Å². The molecule has 2 unspecified atom stereocenters. The minimum atomic E-state index is -0.273. The van der Waals surface area contributed by atoms with Gasteiger partial charge in [0.15, 0.2) is 5.11 Å². The number of aromatic nitrogens is 2. The number of carbonyl (C=O) groups excluding carboxylic acids is 1. The highest BCUT2D eigenvalue weighted by atomic mass is 32.1. The lowest BCUT2D eigenvalue weighted by Crippen LogP contribution is -2.29. The molecule has 0 spiro atoms. The third kappa shape index (κ3) is 5.37. The lowest BCUT2D eigenvalue weighted by atomic mass is 9.96. The second kappa shape index (κ2) is 12.0. The molecule has 1 amide bonds. The molecule has 2 aromatic heterocycles. The Morgan fingerprint density at radius 1 is 1.02 bits per heavy atom. The number of hydrogen-bond acceptors (Lipinski definition) is 5. The van der Waals surface area contributed by atoms with Gasteiger partial charge in [0.1, 0.15) is 12.4 Å². The van der Waals surface area contributed by atoms with Gasteiger partial charge in [-0.05, 0) is 99.9 Å².